The summed E-state index contributed by atoms with van der Waals surface area (Å²) < 4.78 is 0.912. The summed E-state index contributed by atoms with van der Waals surface area (Å²) in [5, 5.41) is 0.552. The Morgan fingerprint density at radius 1 is 1.35 bits per heavy atom. The number of carbonyl (C=O) groups is 1. The van der Waals surface area contributed by atoms with E-state index in [1.165, 1.54) is 25.7 Å². The Kier molecular flexibility index (Phi) is 4.63. The van der Waals surface area contributed by atoms with Gasteiger partial charge in [0.05, 0.1) is 5.02 Å². The first-order valence-corrected chi connectivity index (χ1v) is 7.32. The number of hydrogen-bond acceptors (Lipinski definition) is 1. The lowest BCUT2D eigenvalue weighted by atomic mass is 9.97. The van der Waals surface area contributed by atoms with Crippen LogP contribution in [-0.4, -0.2) is 5.78 Å². The van der Waals surface area contributed by atoms with Crippen LogP contribution in [0.3, 0.4) is 0 Å². The van der Waals surface area contributed by atoms with Crippen LogP contribution in [0.25, 0.3) is 0 Å². The van der Waals surface area contributed by atoms with E-state index in [0.29, 0.717) is 17.0 Å². The molecule has 3 heteroatoms. The predicted octanol–water partition coefficient (Wildman–Crippen LogP) is 5.26. The zero-order valence-electron chi connectivity index (χ0n) is 9.72. The predicted molar refractivity (Wildman–Crippen MR) is 74.7 cm³/mol. The first-order chi connectivity index (χ1) is 8.16. The van der Waals surface area contributed by atoms with E-state index in [4.69, 9.17) is 11.6 Å². The summed E-state index contributed by atoms with van der Waals surface area (Å²) >= 11 is 9.41. The Labute approximate surface area is 116 Å². The molecule has 1 fully saturated rings. The fraction of sp³-hybridized carbons (Fsp3) is 0.500. The highest BCUT2D eigenvalue weighted by molar-refractivity contribution is 9.10. The first kappa shape index (κ1) is 13.1. The van der Waals surface area contributed by atoms with E-state index in [9.17, 15) is 4.79 Å². The van der Waals surface area contributed by atoms with Gasteiger partial charge in [-0.1, -0.05) is 53.2 Å². The zero-order valence-corrected chi connectivity index (χ0v) is 12.1. The van der Waals surface area contributed by atoms with Crippen molar-refractivity contribution >= 4 is 33.3 Å². The normalized spacial score (nSPS) is 16.4. The van der Waals surface area contributed by atoms with Crippen LogP contribution in [0.4, 0.5) is 0 Å². The van der Waals surface area contributed by atoms with Gasteiger partial charge in [-0.2, -0.15) is 0 Å². The topological polar surface area (TPSA) is 17.1 Å². The van der Waals surface area contributed by atoms with Crippen molar-refractivity contribution < 1.29 is 4.79 Å². The standard InChI is InChI=1S/C14H16BrClO/c15-11-6-7-12(13(16)9-11)14(17)8-5-10-3-1-2-4-10/h6-7,9-10H,1-5,8H2. The van der Waals surface area contributed by atoms with Crippen LogP contribution >= 0.6 is 27.5 Å². The van der Waals surface area contributed by atoms with Gasteiger partial charge in [-0.3, -0.25) is 4.79 Å². The molecule has 1 aromatic rings. The highest BCUT2D eigenvalue weighted by Crippen LogP contribution is 2.30. The Balaban J connectivity index is 1.94. The van der Waals surface area contributed by atoms with Gasteiger partial charge in [-0.15, -0.1) is 0 Å². The molecule has 1 saturated carbocycles. The number of carbonyl (C=O) groups excluding carboxylic acids is 1. The summed E-state index contributed by atoms with van der Waals surface area (Å²) in [5.74, 6) is 0.933. The SMILES string of the molecule is O=C(CCC1CCCC1)c1ccc(Br)cc1Cl. The molecule has 0 aromatic heterocycles. The van der Waals surface area contributed by atoms with Crippen molar-refractivity contribution in [1.29, 1.82) is 0 Å². The highest BCUT2D eigenvalue weighted by Gasteiger charge is 2.17. The molecule has 1 aromatic carbocycles. The number of ketones is 1. The van der Waals surface area contributed by atoms with Crippen molar-refractivity contribution in [3.63, 3.8) is 0 Å². The Bertz CT molecular complexity index is 411. The summed E-state index contributed by atoms with van der Waals surface area (Å²) in [7, 11) is 0. The van der Waals surface area contributed by atoms with Crippen molar-refractivity contribution in [3.8, 4) is 0 Å². The third kappa shape index (κ3) is 3.56. The van der Waals surface area contributed by atoms with Crippen LogP contribution in [0, 0.1) is 5.92 Å². The van der Waals surface area contributed by atoms with Gasteiger partial charge < -0.3 is 0 Å². The maximum Gasteiger partial charge on any atom is 0.164 e. The van der Waals surface area contributed by atoms with Crippen LogP contribution in [0.1, 0.15) is 48.9 Å². The summed E-state index contributed by atoms with van der Waals surface area (Å²) in [4.78, 5) is 12.0. The van der Waals surface area contributed by atoms with Crippen molar-refractivity contribution in [2.75, 3.05) is 0 Å². The van der Waals surface area contributed by atoms with Crippen LogP contribution in [-0.2, 0) is 0 Å². The molecule has 0 unspecified atom stereocenters. The van der Waals surface area contributed by atoms with Crippen LogP contribution in [0.5, 0.6) is 0 Å². The van der Waals surface area contributed by atoms with E-state index in [2.05, 4.69) is 15.9 Å². The van der Waals surface area contributed by atoms with Gasteiger partial charge in [0.25, 0.3) is 0 Å². The number of rotatable bonds is 4. The van der Waals surface area contributed by atoms with Gasteiger partial charge in [-0.25, -0.2) is 0 Å². The molecule has 0 amide bonds. The highest BCUT2D eigenvalue weighted by atomic mass is 79.9. The molecule has 0 heterocycles. The molecule has 0 bridgehead atoms. The second kappa shape index (κ2) is 6.01. The third-order valence-corrected chi connectivity index (χ3v) is 4.29. The second-order valence-electron chi connectivity index (χ2n) is 4.74. The van der Waals surface area contributed by atoms with Crippen molar-refractivity contribution in [1.82, 2.24) is 0 Å². The van der Waals surface area contributed by atoms with E-state index in [1.807, 2.05) is 12.1 Å². The average Bonchev–Trinajstić information content (AvgIpc) is 2.78. The fourth-order valence-corrected chi connectivity index (χ4v) is 3.26. The number of benzene rings is 1. The molecule has 1 nitrogen and oxygen atoms in total. The summed E-state index contributed by atoms with van der Waals surface area (Å²) in [6.45, 7) is 0. The fourth-order valence-electron chi connectivity index (χ4n) is 2.48. The van der Waals surface area contributed by atoms with Crippen molar-refractivity contribution in [2.24, 2.45) is 5.92 Å². The van der Waals surface area contributed by atoms with Gasteiger partial charge in [0.15, 0.2) is 5.78 Å². The van der Waals surface area contributed by atoms with E-state index >= 15 is 0 Å². The van der Waals surface area contributed by atoms with Crippen molar-refractivity contribution in [2.45, 2.75) is 38.5 Å². The number of Topliss-reactive ketones (excluding diaryl/α,β-unsaturated/α-hetero) is 1. The molecule has 0 atom stereocenters. The molecular weight excluding hydrogens is 300 g/mol. The van der Waals surface area contributed by atoms with Gasteiger partial charge in [-0.05, 0) is 30.5 Å². The molecule has 0 aliphatic heterocycles. The quantitative estimate of drug-likeness (QED) is 0.693. The Hall–Kier alpha value is -0.340. The molecule has 1 aliphatic carbocycles. The first-order valence-electron chi connectivity index (χ1n) is 6.15. The zero-order chi connectivity index (χ0) is 12.3. The lowest BCUT2D eigenvalue weighted by Gasteiger charge is -2.08. The van der Waals surface area contributed by atoms with Gasteiger partial charge in [0, 0.05) is 16.5 Å². The Morgan fingerprint density at radius 2 is 2.06 bits per heavy atom. The minimum Gasteiger partial charge on any atom is -0.294 e. The summed E-state index contributed by atoms with van der Waals surface area (Å²) in [5.41, 5.74) is 0.660. The minimum atomic E-state index is 0.175. The Morgan fingerprint density at radius 3 is 2.71 bits per heavy atom. The monoisotopic (exact) mass is 314 g/mol. The summed E-state index contributed by atoms with van der Waals surface area (Å²) in [6, 6.07) is 5.46. The molecular formula is C14H16BrClO. The van der Waals surface area contributed by atoms with E-state index in [0.717, 1.165) is 16.8 Å². The van der Waals surface area contributed by atoms with E-state index < -0.39 is 0 Å². The van der Waals surface area contributed by atoms with Crippen LogP contribution in [0.2, 0.25) is 5.02 Å². The molecule has 92 valence electrons. The molecule has 1 aliphatic rings. The van der Waals surface area contributed by atoms with Gasteiger partial charge in [0.2, 0.25) is 0 Å². The molecule has 2 rings (SSSR count). The minimum absolute atomic E-state index is 0.175. The molecule has 0 spiro atoms. The molecule has 0 saturated heterocycles. The van der Waals surface area contributed by atoms with E-state index in [-0.39, 0.29) is 5.78 Å². The largest absolute Gasteiger partial charge is 0.294 e. The van der Waals surface area contributed by atoms with Crippen LogP contribution < -0.4 is 0 Å². The molecule has 0 N–H and O–H groups in total. The average molecular weight is 316 g/mol. The lowest BCUT2D eigenvalue weighted by molar-refractivity contribution is 0.0974. The van der Waals surface area contributed by atoms with E-state index in [1.54, 1.807) is 6.07 Å². The van der Waals surface area contributed by atoms with Gasteiger partial charge in [0.1, 0.15) is 0 Å². The molecule has 0 radical (unpaired) electrons. The summed E-state index contributed by atoms with van der Waals surface area (Å²) in [6.07, 6.45) is 6.90. The van der Waals surface area contributed by atoms with Crippen molar-refractivity contribution in [3.05, 3.63) is 33.3 Å². The number of halogens is 2. The lowest BCUT2D eigenvalue weighted by Crippen LogP contribution is -2.03. The molecule has 17 heavy (non-hydrogen) atoms. The second-order valence-corrected chi connectivity index (χ2v) is 6.06. The maximum absolute atomic E-state index is 12.0. The van der Waals surface area contributed by atoms with Crippen LogP contribution in [0.15, 0.2) is 22.7 Å². The van der Waals surface area contributed by atoms with Gasteiger partial charge >= 0.3 is 0 Å². The smallest absolute Gasteiger partial charge is 0.164 e. The maximum atomic E-state index is 12.0. The third-order valence-electron chi connectivity index (χ3n) is 3.49. The number of hydrogen-bond donors (Lipinski definition) is 0.